The van der Waals surface area contributed by atoms with Gasteiger partial charge in [-0.1, -0.05) is 0 Å². The summed E-state index contributed by atoms with van der Waals surface area (Å²) in [5, 5.41) is 9.49. The van der Waals surface area contributed by atoms with Gasteiger partial charge in [0.05, 0.1) is 12.1 Å². The fraction of sp³-hybridized carbons (Fsp3) is 0.419. The van der Waals surface area contributed by atoms with Crippen LogP contribution in [-0.4, -0.2) is 83.1 Å². The fourth-order valence-corrected chi connectivity index (χ4v) is 5.33. The molecule has 43 heavy (non-hydrogen) atoms. The number of nitrogens with zero attached hydrogens (tertiary/aromatic N) is 4. The van der Waals surface area contributed by atoms with Crippen molar-refractivity contribution in [2.75, 3.05) is 38.0 Å². The molecule has 0 saturated carbocycles. The first kappa shape index (κ1) is 29.7. The zero-order valence-corrected chi connectivity index (χ0v) is 24.5. The molecule has 12 heteroatoms. The van der Waals surface area contributed by atoms with Crippen molar-refractivity contribution >= 4 is 46.2 Å². The molecular formula is C31H37N7O5. The van der Waals surface area contributed by atoms with Crippen molar-refractivity contribution in [3.05, 3.63) is 59.6 Å². The van der Waals surface area contributed by atoms with E-state index in [9.17, 15) is 19.2 Å². The van der Waals surface area contributed by atoms with Gasteiger partial charge in [0.25, 0.3) is 11.8 Å². The minimum atomic E-state index is -0.783. The molecule has 0 bridgehead atoms. The lowest BCUT2D eigenvalue weighted by atomic mass is 10.1. The van der Waals surface area contributed by atoms with Gasteiger partial charge in [-0.05, 0) is 82.3 Å². The Morgan fingerprint density at radius 1 is 1.02 bits per heavy atom. The van der Waals surface area contributed by atoms with Crippen LogP contribution >= 0.6 is 0 Å². The second kappa shape index (κ2) is 13.5. The quantitative estimate of drug-likeness (QED) is 0.284. The number of benzene rings is 1. The molecular weight excluding hydrogens is 550 g/mol. The predicted octanol–water partition coefficient (Wildman–Crippen LogP) is 3.09. The van der Waals surface area contributed by atoms with Crippen molar-refractivity contribution in [3.8, 4) is 0 Å². The van der Waals surface area contributed by atoms with Crippen LogP contribution in [0.15, 0.2) is 52.0 Å². The van der Waals surface area contributed by atoms with Gasteiger partial charge in [0.1, 0.15) is 23.1 Å². The molecule has 2 aliphatic rings. The second-order valence-corrected chi connectivity index (χ2v) is 10.8. The number of carbonyl (C=O) groups excluding carboxylic acids is 4. The average Bonchev–Trinajstić information content (AvgIpc) is 3.63. The van der Waals surface area contributed by atoms with Crippen molar-refractivity contribution in [3.63, 3.8) is 0 Å². The van der Waals surface area contributed by atoms with E-state index in [-0.39, 0.29) is 41.5 Å². The van der Waals surface area contributed by atoms with E-state index in [1.807, 2.05) is 36.9 Å². The summed E-state index contributed by atoms with van der Waals surface area (Å²) in [6, 6.07) is 9.59. The third-order valence-electron chi connectivity index (χ3n) is 7.55. The Kier molecular flexibility index (Phi) is 9.33. The van der Waals surface area contributed by atoms with E-state index in [1.165, 1.54) is 18.3 Å². The average molecular weight is 588 g/mol. The van der Waals surface area contributed by atoms with Crippen LogP contribution in [0.2, 0.25) is 0 Å². The van der Waals surface area contributed by atoms with Gasteiger partial charge >= 0.3 is 0 Å². The number of aryl methyl sites for hydroxylation is 1. The van der Waals surface area contributed by atoms with Crippen LogP contribution in [0.5, 0.6) is 0 Å². The molecule has 1 aromatic carbocycles. The molecule has 3 aromatic rings. The summed E-state index contributed by atoms with van der Waals surface area (Å²) in [5.41, 5.74) is 1.77. The SMILES string of the molecule is CCNC(=O)c1ccc(C(=O)NC(=N[C@H]2CCCCN(CC(=O)N3CCCC3)C2=O)Nc2ccc3oc(C)cc3c2)cn1. The van der Waals surface area contributed by atoms with E-state index in [0.717, 1.165) is 55.5 Å². The van der Waals surface area contributed by atoms with Crippen LogP contribution < -0.4 is 16.0 Å². The number of hydrogen-bond acceptors (Lipinski definition) is 7. The van der Waals surface area contributed by atoms with Gasteiger partial charge in [0.15, 0.2) is 0 Å². The highest BCUT2D eigenvalue weighted by atomic mass is 16.3. The second-order valence-electron chi connectivity index (χ2n) is 10.8. The van der Waals surface area contributed by atoms with Crippen LogP contribution in [0.3, 0.4) is 0 Å². The van der Waals surface area contributed by atoms with Gasteiger partial charge in [-0.3, -0.25) is 29.5 Å². The minimum Gasteiger partial charge on any atom is -0.461 e. The summed E-state index contributed by atoms with van der Waals surface area (Å²) >= 11 is 0. The normalized spacial score (nSPS) is 17.6. The molecule has 226 valence electrons. The molecule has 2 fully saturated rings. The molecule has 4 amide bonds. The maximum atomic E-state index is 13.6. The Balaban J connectivity index is 1.38. The molecule has 5 rings (SSSR count). The third kappa shape index (κ3) is 7.37. The van der Waals surface area contributed by atoms with Crippen LogP contribution in [0.4, 0.5) is 5.69 Å². The number of pyridine rings is 1. The van der Waals surface area contributed by atoms with E-state index in [1.54, 1.807) is 11.0 Å². The lowest BCUT2D eigenvalue weighted by Crippen LogP contribution is -2.45. The number of anilines is 1. The maximum Gasteiger partial charge on any atom is 0.269 e. The number of aromatic nitrogens is 1. The Morgan fingerprint density at radius 3 is 2.56 bits per heavy atom. The maximum absolute atomic E-state index is 13.6. The van der Waals surface area contributed by atoms with Gasteiger partial charge in [0, 0.05) is 43.4 Å². The Bertz CT molecular complexity index is 1530. The van der Waals surface area contributed by atoms with Crippen LogP contribution in [-0.2, 0) is 9.59 Å². The Morgan fingerprint density at radius 2 is 1.81 bits per heavy atom. The molecule has 0 unspecified atom stereocenters. The number of carbonyl (C=O) groups is 4. The number of rotatable bonds is 7. The highest BCUT2D eigenvalue weighted by Gasteiger charge is 2.30. The molecule has 1 atom stereocenters. The zero-order chi connectivity index (χ0) is 30.3. The Hall–Kier alpha value is -4.74. The molecule has 2 aliphatic heterocycles. The molecule has 0 aliphatic carbocycles. The molecule has 0 spiro atoms. The van der Waals surface area contributed by atoms with Crippen LogP contribution in [0, 0.1) is 6.92 Å². The van der Waals surface area contributed by atoms with E-state index >= 15 is 0 Å². The smallest absolute Gasteiger partial charge is 0.269 e. The van der Waals surface area contributed by atoms with E-state index in [2.05, 4.69) is 20.9 Å². The lowest BCUT2D eigenvalue weighted by Gasteiger charge is -2.25. The number of aliphatic imine (C=N–C) groups is 1. The first-order chi connectivity index (χ1) is 20.8. The molecule has 0 radical (unpaired) electrons. The van der Waals surface area contributed by atoms with Gasteiger partial charge in [-0.2, -0.15) is 0 Å². The summed E-state index contributed by atoms with van der Waals surface area (Å²) in [4.78, 5) is 64.0. The lowest BCUT2D eigenvalue weighted by molar-refractivity contribution is -0.140. The summed E-state index contributed by atoms with van der Waals surface area (Å²) in [5.74, 6) is -0.276. The number of nitrogens with one attached hydrogen (secondary N) is 3. The van der Waals surface area contributed by atoms with Crippen molar-refractivity contribution in [1.82, 2.24) is 25.4 Å². The number of likely N-dealkylation sites (tertiary alicyclic amines) is 2. The number of fused-ring (bicyclic) bond motifs is 1. The molecule has 4 heterocycles. The monoisotopic (exact) mass is 587 g/mol. The van der Waals surface area contributed by atoms with Crippen LogP contribution in [0.25, 0.3) is 11.0 Å². The topological polar surface area (TPSA) is 149 Å². The number of amides is 4. The molecule has 3 N–H and O–H groups in total. The summed E-state index contributed by atoms with van der Waals surface area (Å²) in [6.45, 7) is 6.10. The van der Waals surface area contributed by atoms with E-state index < -0.39 is 11.9 Å². The van der Waals surface area contributed by atoms with Gasteiger partial charge < -0.3 is 24.9 Å². The first-order valence-electron chi connectivity index (χ1n) is 14.8. The predicted molar refractivity (Wildman–Crippen MR) is 162 cm³/mol. The van der Waals surface area contributed by atoms with E-state index in [0.29, 0.717) is 25.2 Å². The van der Waals surface area contributed by atoms with Crippen molar-refractivity contribution < 1.29 is 23.6 Å². The van der Waals surface area contributed by atoms with Crippen molar-refractivity contribution in [2.24, 2.45) is 4.99 Å². The van der Waals surface area contributed by atoms with Crippen molar-refractivity contribution in [2.45, 2.75) is 52.0 Å². The molecule has 12 nitrogen and oxygen atoms in total. The minimum absolute atomic E-state index is 0.0279. The highest BCUT2D eigenvalue weighted by Crippen LogP contribution is 2.23. The highest BCUT2D eigenvalue weighted by molar-refractivity contribution is 6.11. The first-order valence-corrected chi connectivity index (χ1v) is 14.8. The third-order valence-corrected chi connectivity index (χ3v) is 7.55. The number of furan rings is 1. The van der Waals surface area contributed by atoms with Crippen LogP contribution in [0.1, 0.15) is 65.6 Å². The summed E-state index contributed by atoms with van der Waals surface area (Å²) in [7, 11) is 0. The van der Waals surface area contributed by atoms with E-state index in [4.69, 9.17) is 9.41 Å². The largest absolute Gasteiger partial charge is 0.461 e. The Labute approximate surface area is 249 Å². The van der Waals surface area contributed by atoms with Gasteiger partial charge in [-0.25, -0.2) is 4.99 Å². The zero-order valence-electron chi connectivity index (χ0n) is 24.5. The molecule has 2 saturated heterocycles. The number of hydrogen-bond donors (Lipinski definition) is 3. The summed E-state index contributed by atoms with van der Waals surface area (Å²) < 4.78 is 5.68. The van der Waals surface area contributed by atoms with Crippen molar-refractivity contribution in [1.29, 1.82) is 0 Å². The standard InChI is InChI=1S/C31H37N7O5/c1-3-32-29(41)24-11-9-21(18-33-24)28(40)36-31(34-23-10-12-26-22(17-23)16-20(2)43-26)35-25-8-4-5-15-38(30(25)42)19-27(39)37-13-6-7-14-37/h9-12,16-18,25H,3-8,13-15,19H2,1-2H3,(H,32,41)(H2,34,35,36,40)/t25-/m0/s1. The van der Waals surface area contributed by atoms with Gasteiger partial charge in [-0.15, -0.1) is 0 Å². The fourth-order valence-electron chi connectivity index (χ4n) is 5.33. The molecule has 2 aromatic heterocycles. The number of guanidine groups is 1. The van der Waals surface area contributed by atoms with Gasteiger partial charge in [0.2, 0.25) is 17.8 Å². The summed E-state index contributed by atoms with van der Waals surface area (Å²) in [6.07, 6.45) is 5.28.